The van der Waals surface area contributed by atoms with Gasteiger partial charge in [-0.1, -0.05) is 291 Å². The zero-order valence-corrected chi connectivity index (χ0v) is 62.8. The average Bonchev–Trinajstić information content (AvgIpc) is 1.30. The number of Topliss-reactive ketones (excluding diaryl/α,β-unsaturated/α-hetero) is 2. The van der Waals surface area contributed by atoms with E-state index in [9.17, 15) is 10.2 Å². The van der Waals surface area contributed by atoms with E-state index in [1.54, 1.807) is 0 Å². The van der Waals surface area contributed by atoms with Crippen molar-refractivity contribution >= 4 is 111 Å². The number of fused-ring (bicyclic) bond motifs is 20. The Kier molecular flexibility index (Phi) is 12.0. The number of hydrogen-bond acceptors (Lipinski definition) is 12. The molecule has 0 amide bonds. The fourth-order valence-electron chi connectivity index (χ4n) is 21.9. The van der Waals surface area contributed by atoms with Crippen molar-refractivity contribution in [1.82, 2.24) is 0 Å². The molecule has 0 saturated heterocycles. The molecule has 0 saturated carbocycles. The van der Waals surface area contributed by atoms with Gasteiger partial charge in [-0.25, -0.2) is 9.98 Å². The molecular formula is C106H62N8O4. The summed E-state index contributed by atoms with van der Waals surface area (Å²) < 4.78 is 0. The van der Waals surface area contributed by atoms with E-state index in [4.69, 9.17) is 9.98 Å². The molecule has 8 N–H and O–H groups in total. The number of aliphatic hydroxyl groups excluding tert-OH is 2. The molecule has 4 aliphatic heterocycles. The highest BCUT2D eigenvalue weighted by Gasteiger charge is 2.53. The van der Waals surface area contributed by atoms with E-state index in [-0.39, 0.29) is 45.4 Å². The molecule has 0 aromatic heterocycles. The molecule has 2 unspecified atom stereocenters. The molecule has 17 aromatic rings. The lowest BCUT2D eigenvalue weighted by Crippen LogP contribution is -2.45. The molecule has 0 radical (unpaired) electrons. The number of rotatable bonds is 4. The van der Waals surface area contributed by atoms with E-state index in [2.05, 4.69) is 305 Å². The van der Waals surface area contributed by atoms with Gasteiger partial charge in [0.1, 0.15) is 11.5 Å². The number of nitrogens with one attached hydrogen (secondary N) is 6. The number of nitrogens with zero attached hydrogens (tertiary/aromatic N) is 2. The normalized spacial score (nSPS) is 19.2. The number of ketones is 2. The largest absolute Gasteiger partial charge is 0.506 e. The topological polar surface area (TPSA) is 172 Å². The lowest BCUT2D eigenvalue weighted by atomic mass is 9.79. The first-order chi connectivity index (χ1) is 58.0. The van der Waals surface area contributed by atoms with Crippen molar-refractivity contribution in [3.05, 3.63) is 416 Å². The highest BCUT2D eigenvalue weighted by molar-refractivity contribution is 6.53. The van der Waals surface area contributed by atoms with Crippen LogP contribution in [0.15, 0.2) is 349 Å². The van der Waals surface area contributed by atoms with Gasteiger partial charge < -0.3 is 42.1 Å². The summed E-state index contributed by atoms with van der Waals surface area (Å²) in [5.41, 5.74) is 24.3. The molecule has 12 nitrogen and oxygen atoms in total. The maximum Gasteiger partial charge on any atom is 0.201 e. The summed E-state index contributed by atoms with van der Waals surface area (Å²) >= 11 is 0. The summed E-state index contributed by atoms with van der Waals surface area (Å²) in [4.78, 5) is 42.8. The van der Waals surface area contributed by atoms with Crippen molar-refractivity contribution < 1.29 is 19.8 Å². The number of carbonyl (C=O) groups is 2. The number of benzene rings is 17. The first kappa shape index (κ1) is 63.8. The number of allylic oxidation sites excluding steroid dienone is 4. The summed E-state index contributed by atoms with van der Waals surface area (Å²) in [6.45, 7) is 0. The Balaban J connectivity index is 0.557. The van der Waals surface area contributed by atoms with Crippen LogP contribution in [-0.4, -0.2) is 21.8 Å². The van der Waals surface area contributed by atoms with E-state index in [1.165, 1.54) is 0 Å². The van der Waals surface area contributed by atoms with Crippen LogP contribution in [0.2, 0.25) is 0 Å². The quantitative estimate of drug-likeness (QED) is 0.0848. The maximum absolute atomic E-state index is 15.6. The van der Waals surface area contributed by atoms with Gasteiger partial charge in [-0.2, -0.15) is 0 Å². The Hall–Kier alpha value is -15.7. The summed E-state index contributed by atoms with van der Waals surface area (Å²) in [5.74, 6) is -0.648. The van der Waals surface area contributed by atoms with Gasteiger partial charge in [0.05, 0.1) is 44.4 Å². The minimum absolute atomic E-state index is 0.0678. The van der Waals surface area contributed by atoms with E-state index in [1.807, 2.05) is 54.6 Å². The molecule has 27 rings (SSSR count). The van der Waals surface area contributed by atoms with Crippen molar-refractivity contribution in [2.45, 2.75) is 22.7 Å². The van der Waals surface area contributed by atoms with E-state index >= 15 is 9.59 Å². The first-order valence-corrected chi connectivity index (χ1v) is 40.1. The summed E-state index contributed by atoms with van der Waals surface area (Å²) in [5, 5.41) is 59.7. The Morgan fingerprint density at radius 1 is 0.237 bits per heavy atom. The minimum Gasteiger partial charge on any atom is -0.506 e. The first-order valence-electron chi connectivity index (χ1n) is 40.1. The van der Waals surface area contributed by atoms with Gasteiger partial charge in [0, 0.05) is 110 Å². The van der Waals surface area contributed by atoms with Crippen LogP contribution in [-0.2, 0) is 32.2 Å². The molecule has 12 heteroatoms. The molecule has 0 bridgehead atoms. The smallest absolute Gasteiger partial charge is 0.201 e. The Morgan fingerprint density at radius 2 is 0.542 bits per heavy atom. The zero-order chi connectivity index (χ0) is 77.6. The zero-order valence-electron chi connectivity index (χ0n) is 62.8. The minimum atomic E-state index is -1.14. The molecule has 4 spiro atoms. The fraction of sp³-hybridized carbons (Fsp3) is 0.0377. The highest BCUT2D eigenvalue weighted by Crippen LogP contribution is 2.60. The number of hydrogen-bond donors (Lipinski definition) is 8. The predicted octanol–water partition coefficient (Wildman–Crippen LogP) is 20.3. The summed E-state index contributed by atoms with van der Waals surface area (Å²) in [7, 11) is 0. The Bertz CT molecular complexity index is 8030. The van der Waals surface area contributed by atoms with Crippen LogP contribution in [0.4, 0.5) is 34.1 Å². The van der Waals surface area contributed by atoms with Crippen LogP contribution >= 0.6 is 0 Å². The Morgan fingerprint density at radius 3 is 0.949 bits per heavy atom. The van der Waals surface area contributed by atoms with Crippen LogP contribution in [0.1, 0.15) is 55.6 Å². The number of aliphatic hydroxyl groups is 2. The molecule has 550 valence electrons. The van der Waals surface area contributed by atoms with Crippen molar-refractivity contribution in [1.29, 1.82) is 0 Å². The highest BCUT2D eigenvalue weighted by atomic mass is 16.3. The van der Waals surface area contributed by atoms with Crippen LogP contribution in [0.25, 0.3) is 132 Å². The second-order valence-corrected chi connectivity index (χ2v) is 32.6. The third-order valence-electron chi connectivity index (χ3n) is 27.0. The molecule has 17 aromatic carbocycles. The Labute approximate surface area is 673 Å². The molecule has 10 aliphatic rings. The predicted molar refractivity (Wildman–Crippen MR) is 470 cm³/mol. The third kappa shape index (κ3) is 7.89. The van der Waals surface area contributed by atoms with Gasteiger partial charge in [0.2, 0.25) is 11.6 Å². The van der Waals surface area contributed by atoms with Crippen LogP contribution in [0.3, 0.4) is 0 Å². The third-order valence-corrected chi connectivity index (χ3v) is 27.0. The van der Waals surface area contributed by atoms with E-state index < -0.39 is 22.7 Å². The van der Waals surface area contributed by atoms with Gasteiger partial charge >= 0.3 is 0 Å². The summed E-state index contributed by atoms with van der Waals surface area (Å²) in [6, 6.07) is 114. The van der Waals surface area contributed by atoms with Gasteiger partial charge in [-0.05, 0) is 125 Å². The van der Waals surface area contributed by atoms with Crippen molar-refractivity contribution in [2.75, 3.05) is 31.9 Å². The second kappa shape index (κ2) is 22.2. The molecule has 118 heavy (non-hydrogen) atoms. The van der Waals surface area contributed by atoms with Crippen LogP contribution in [0.5, 0.6) is 0 Å². The monoisotopic (exact) mass is 1510 g/mol. The molecular weight excluding hydrogens is 1450 g/mol. The SMILES string of the molecule is O=C1C(c2ccc3cccc4c3c2NC2(N4)c3ccccc3-c3ccc(-c4ccc(-c5ccc6c(c5)C5(N=c7c(=C8C(=O)C(c9ccc%10cccc%11c%10c9NC9(N%11)c%10ccccc%10-c%10ccccc%109)=C8O)ccc8cccc(c78)N5)c5ccccc5-6)cc4)cc32)=C(O)C1=c1ccc2cccc3c2c1=NC1(N3)c2ccccc2-c2ccccc21. The second-order valence-electron chi connectivity index (χ2n) is 32.6. The number of anilines is 6. The number of carbonyl (C=O) groups excluding carboxylic acids is 2. The molecule has 2 atom stereocenters. The van der Waals surface area contributed by atoms with Gasteiger partial charge in [0.15, 0.2) is 22.7 Å². The average molecular weight is 1510 g/mol. The summed E-state index contributed by atoms with van der Waals surface area (Å²) in [6.07, 6.45) is 0. The molecule has 6 aliphatic carbocycles. The van der Waals surface area contributed by atoms with E-state index in [0.29, 0.717) is 32.3 Å². The fourth-order valence-corrected chi connectivity index (χ4v) is 21.9. The van der Waals surface area contributed by atoms with Crippen LogP contribution in [0, 0.1) is 0 Å². The van der Waals surface area contributed by atoms with Crippen molar-refractivity contribution in [3.8, 4) is 66.8 Å². The van der Waals surface area contributed by atoms with Gasteiger partial charge in [-0.3, -0.25) is 9.59 Å². The van der Waals surface area contributed by atoms with E-state index in [0.717, 1.165) is 188 Å². The molecule has 0 fully saturated rings. The van der Waals surface area contributed by atoms with Gasteiger partial charge in [0.25, 0.3) is 0 Å². The van der Waals surface area contributed by atoms with Gasteiger partial charge in [-0.15, -0.1) is 0 Å². The molecule has 4 heterocycles. The lowest BCUT2D eigenvalue weighted by Gasteiger charge is -2.41. The van der Waals surface area contributed by atoms with Crippen molar-refractivity contribution in [2.24, 2.45) is 9.98 Å². The lowest BCUT2D eigenvalue weighted by molar-refractivity contribution is -0.110. The van der Waals surface area contributed by atoms with Crippen molar-refractivity contribution in [3.63, 3.8) is 0 Å². The standard InChI is InChI=1S/C106H62N8O4/c115-99-91(71-49-41-57-17-13-33-83-87(57)95(71)111-103(107-83)75-27-7-1-21-63(75)64-22-2-8-28-76(64)103)100(116)93(99)73-51-43-59-19-15-35-85-89(59)97(73)113-105(109-85)79-31-11-5-25-67(79)69-47-45-61(53-81(69)105)55-37-39-56(40-38-55)62-46-48-70-68-26-6-12-32-80(68)106(82(70)54-62)110-86-36-16-20-60-44-52-74(98(114-106)90(60)86)94-101(117)92(102(94)118)72-50-42-58-18-14-34-84-88(58)96(72)112-104(108-84)77-29-9-3-23-65(77)66-24-4-10-30-78(66)104/h1-54,107-111,114-115,117H. The van der Waals surface area contributed by atoms with Crippen LogP contribution < -0.4 is 53.1 Å². The maximum atomic E-state index is 15.6.